The molecule has 3 aromatic heterocycles. The first-order valence-corrected chi connectivity index (χ1v) is 5.52. The first-order valence-electron chi connectivity index (χ1n) is 4.72. The van der Waals surface area contributed by atoms with Crippen molar-refractivity contribution in [2.75, 3.05) is 0 Å². The summed E-state index contributed by atoms with van der Waals surface area (Å²) in [5.41, 5.74) is 3.77. The van der Waals surface area contributed by atoms with Crippen LogP contribution in [0.5, 0.6) is 0 Å². The van der Waals surface area contributed by atoms with E-state index in [0.717, 1.165) is 26.9 Å². The van der Waals surface area contributed by atoms with Crippen LogP contribution in [0.25, 0.3) is 22.3 Å². The Kier molecular flexibility index (Phi) is 2.03. The Balaban J connectivity index is 2.37. The number of nitrogens with one attached hydrogen (secondary N) is 1. The third-order valence-electron chi connectivity index (χ3n) is 2.44. The number of rotatable bonds is 1. The summed E-state index contributed by atoms with van der Waals surface area (Å²) in [7, 11) is 1.95. The number of halogens is 1. The van der Waals surface area contributed by atoms with E-state index in [1.807, 2.05) is 24.0 Å². The maximum atomic E-state index is 4.44. The largest absolute Gasteiger partial charge is 0.334 e. The first kappa shape index (κ1) is 9.53. The number of aromatic nitrogens is 5. The molecule has 0 atom stereocenters. The van der Waals surface area contributed by atoms with Gasteiger partial charge in [0.25, 0.3) is 0 Å². The van der Waals surface area contributed by atoms with Gasteiger partial charge in [-0.3, -0.25) is 5.10 Å². The van der Waals surface area contributed by atoms with E-state index in [1.165, 1.54) is 0 Å². The summed E-state index contributed by atoms with van der Waals surface area (Å²) in [6.07, 6.45) is 7.32. The summed E-state index contributed by atoms with van der Waals surface area (Å²) in [6, 6.07) is 0. The molecule has 0 saturated heterocycles. The zero-order chi connectivity index (χ0) is 11.1. The molecule has 3 heterocycles. The van der Waals surface area contributed by atoms with Gasteiger partial charge in [-0.1, -0.05) is 0 Å². The van der Waals surface area contributed by atoms with Crippen LogP contribution in [0.4, 0.5) is 0 Å². The number of aromatic amines is 1. The van der Waals surface area contributed by atoms with E-state index in [0.29, 0.717) is 0 Å². The summed E-state index contributed by atoms with van der Waals surface area (Å²) < 4.78 is 2.69. The van der Waals surface area contributed by atoms with Crippen molar-refractivity contribution < 1.29 is 0 Å². The molecule has 3 rings (SSSR count). The molecule has 80 valence electrons. The lowest BCUT2D eigenvalue weighted by Crippen LogP contribution is -1.88. The van der Waals surface area contributed by atoms with Gasteiger partial charge in [-0.05, 0) is 15.9 Å². The lowest BCUT2D eigenvalue weighted by molar-refractivity contribution is 0.945. The molecule has 0 aliphatic heterocycles. The Bertz CT molecular complexity index is 641. The highest BCUT2D eigenvalue weighted by Gasteiger charge is 2.12. The van der Waals surface area contributed by atoms with Crippen molar-refractivity contribution in [1.29, 1.82) is 0 Å². The van der Waals surface area contributed by atoms with E-state index in [-0.39, 0.29) is 0 Å². The highest BCUT2D eigenvalue weighted by atomic mass is 79.9. The van der Waals surface area contributed by atoms with E-state index < -0.39 is 0 Å². The molecule has 0 aliphatic carbocycles. The molecule has 6 heteroatoms. The van der Waals surface area contributed by atoms with Gasteiger partial charge in [0, 0.05) is 30.6 Å². The minimum Gasteiger partial charge on any atom is -0.334 e. The Morgan fingerprint density at radius 2 is 2.25 bits per heavy atom. The molecule has 0 spiro atoms. The number of aryl methyl sites for hydroxylation is 1. The van der Waals surface area contributed by atoms with Crippen molar-refractivity contribution in [3.05, 3.63) is 29.4 Å². The molecule has 0 unspecified atom stereocenters. The maximum Gasteiger partial charge on any atom is 0.159 e. The fraction of sp³-hybridized carbons (Fsp3) is 0.100. The molecule has 0 fully saturated rings. The molecule has 0 aliphatic rings. The van der Waals surface area contributed by atoms with Crippen LogP contribution in [0.2, 0.25) is 0 Å². The SMILES string of the molecule is Cn1cc(-c2cn[nH]c2)c2nc(Br)cnc21. The minimum absolute atomic E-state index is 0.732. The molecule has 3 aromatic rings. The van der Waals surface area contributed by atoms with E-state index in [2.05, 4.69) is 36.1 Å². The summed E-state index contributed by atoms with van der Waals surface area (Å²) in [5, 5.41) is 6.74. The fourth-order valence-electron chi connectivity index (χ4n) is 1.73. The van der Waals surface area contributed by atoms with Gasteiger partial charge in [-0.15, -0.1) is 0 Å². The Morgan fingerprint density at radius 3 is 3.00 bits per heavy atom. The molecule has 0 radical (unpaired) electrons. The number of hydrogen-bond acceptors (Lipinski definition) is 3. The van der Waals surface area contributed by atoms with Gasteiger partial charge in [0.05, 0.1) is 12.4 Å². The Hall–Kier alpha value is -1.69. The van der Waals surface area contributed by atoms with Gasteiger partial charge in [-0.25, -0.2) is 9.97 Å². The molecular weight excluding hydrogens is 270 g/mol. The van der Waals surface area contributed by atoms with Crippen molar-refractivity contribution in [3.8, 4) is 11.1 Å². The van der Waals surface area contributed by atoms with Crippen LogP contribution in [0, 0.1) is 0 Å². The van der Waals surface area contributed by atoms with Crippen LogP contribution in [-0.2, 0) is 7.05 Å². The van der Waals surface area contributed by atoms with Gasteiger partial charge in [0.15, 0.2) is 5.65 Å². The van der Waals surface area contributed by atoms with E-state index in [4.69, 9.17) is 0 Å². The van der Waals surface area contributed by atoms with Gasteiger partial charge < -0.3 is 4.57 Å². The molecule has 0 saturated carbocycles. The van der Waals surface area contributed by atoms with E-state index in [1.54, 1.807) is 12.4 Å². The van der Waals surface area contributed by atoms with Crippen LogP contribution in [0.3, 0.4) is 0 Å². The second-order valence-electron chi connectivity index (χ2n) is 3.51. The lowest BCUT2D eigenvalue weighted by Gasteiger charge is -1.94. The minimum atomic E-state index is 0.732. The van der Waals surface area contributed by atoms with Crippen LogP contribution >= 0.6 is 15.9 Å². The second kappa shape index (κ2) is 3.41. The van der Waals surface area contributed by atoms with Crippen molar-refractivity contribution >= 4 is 27.1 Å². The number of H-pyrrole nitrogens is 1. The average molecular weight is 278 g/mol. The number of nitrogens with zero attached hydrogens (tertiary/aromatic N) is 4. The fourth-order valence-corrected chi connectivity index (χ4v) is 2.01. The highest BCUT2D eigenvalue weighted by molar-refractivity contribution is 9.10. The third kappa shape index (κ3) is 1.34. The quantitative estimate of drug-likeness (QED) is 0.741. The van der Waals surface area contributed by atoms with Gasteiger partial charge >= 0.3 is 0 Å². The predicted molar refractivity (Wildman–Crippen MR) is 63.8 cm³/mol. The van der Waals surface area contributed by atoms with Crippen LogP contribution < -0.4 is 0 Å². The van der Waals surface area contributed by atoms with Crippen molar-refractivity contribution in [3.63, 3.8) is 0 Å². The van der Waals surface area contributed by atoms with Crippen LogP contribution in [0.1, 0.15) is 0 Å². The summed E-state index contributed by atoms with van der Waals surface area (Å²) >= 11 is 3.33. The second-order valence-corrected chi connectivity index (χ2v) is 4.32. The average Bonchev–Trinajstić information content (AvgIpc) is 2.86. The summed E-state index contributed by atoms with van der Waals surface area (Å²) in [4.78, 5) is 8.78. The van der Waals surface area contributed by atoms with Crippen LogP contribution in [-0.4, -0.2) is 24.7 Å². The van der Waals surface area contributed by atoms with Gasteiger partial charge in [0.2, 0.25) is 0 Å². The molecule has 16 heavy (non-hydrogen) atoms. The highest BCUT2D eigenvalue weighted by Crippen LogP contribution is 2.27. The molecule has 0 amide bonds. The smallest absolute Gasteiger partial charge is 0.159 e. The third-order valence-corrected chi connectivity index (χ3v) is 2.83. The summed E-state index contributed by atoms with van der Waals surface area (Å²) in [5.74, 6) is 0. The Morgan fingerprint density at radius 1 is 1.38 bits per heavy atom. The van der Waals surface area contributed by atoms with E-state index >= 15 is 0 Å². The van der Waals surface area contributed by atoms with E-state index in [9.17, 15) is 0 Å². The molecular formula is C10H8BrN5. The molecule has 0 aromatic carbocycles. The first-order chi connectivity index (χ1) is 7.75. The summed E-state index contributed by atoms with van der Waals surface area (Å²) in [6.45, 7) is 0. The standard InChI is InChI=1S/C10H8BrN5/c1-16-5-7(6-2-13-14-3-6)9-10(16)12-4-8(11)15-9/h2-5H,1H3,(H,13,14). The van der Waals surface area contributed by atoms with Crippen molar-refractivity contribution in [2.24, 2.45) is 7.05 Å². The number of hydrogen-bond donors (Lipinski definition) is 1. The zero-order valence-electron chi connectivity index (χ0n) is 8.48. The molecule has 1 N–H and O–H groups in total. The van der Waals surface area contributed by atoms with Gasteiger partial charge in [-0.2, -0.15) is 5.10 Å². The normalized spacial score (nSPS) is 11.1. The zero-order valence-corrected chi connectivity index (χ0v) is 10.1. The monoisotopic (exact) mass is 277 g/mol. The molecule has 5 nitrogen and oxygen atoms in total. The topological polar surface area (TPSA) is 59.4 Å². The maximum absolute atomic E-state index is 4.44. The van der Waals surface area contributed by atoms with Crippen molar-refractivity contribution in [2.45, 2.75) is 0 Å². The van der Waals surface area contributed by atoms with Gasteiger partial charge in [0.1, 0.15) is 10.1 Å². The Labute approximate surface area is 99.7 Å². The number of fused-ring (bicyclic) bond motifs is 1. The van der Waals surface area contributed by atoms with Crippen molar-refractivity contribution in [1.82, 2.24) is 24.7 Å². The molecule has 0 bridgehead atoms. The van der Waals surface area contributed by atoms with Crippen LogP contribution in [0.15, 0.2) is 29.4 Å². The lowest BCUT2D eigenvalue weighted by atomic mass is 10.2. The predicted octanol–water partition coefficient (Wildman–Crippen LogP) is 2.12.